The van der Waals surface area contributed by atoms with E-state index in [4.69, 9.17) is 11.6 Å². The number of alkyl halides is 1. The van der Waals surface area contributed by atoms with Crippen LogP contribution in [0.25, 0.3) is 0 Å². The lowest BCUT2D eigenvalue weighted by Gasteiger charge is -2.07. The van der Waals surface area contributed by atoms with Gasteiger partial charge < -0.3 is 4.90 Å². The predicted molar refractivity (Wildman–Crippen MR) is 53.2 cm³/mol. The quantitative estimate of drug-likeness (QED) is 0.675. The molecule has 1 aliphatic rings. The van der Waals surface area contributed by atoms with Crippen LogP contribution in [0, 0.1) is 0 Å². The third-order valence-corrected chi connectivity index (χ3v) is 2.02. The predicted octanol–water partition coefficient (Wildman–Crippen LogP) is -0.0504. The summed E-state index contributed by atoms with van der Waals surface area (Å²) in [4.78, 5) is 27.4. The fourth-order valence-corrected chi connectivity index (χ4v) is 1.19. The Labute approximate surface area is 87.1 Å². The molecule has 1 heterocycles. The minimum atomic E-state index is -0.255. The molecule has 0 atom stereocenters. The van der Waals surface area contributed by atoms with Gasteiger partial charge in [-0.15, -0.1) is 11.6 Å². The van der Waals surface area contributed by atoms with Crippen LogP contribution in [0.15, 0.2) is 4.99 Å². The molecule has 2 amide bonds. The van der Waals surface area contributed by atoms with Gasteiger partial charge >= 0.3 is 0 Å². The van der Waals surface area contributed by atoms with Gasteiger partial charge in [0.1, 0.15) is 0 Å². The highest BCUT2D eigenvalue weighted by molar-refractivity contribution is 6.18. The van der Waals surface area contributed by atoms with Gasteiger partial charge in [-0.25, -0.2) is 0 Å². The van der Waals surface area contributed by atoms with Crippen molar-refractivity contribution in [1.82, 2.24) is 10.2 Å². The zero-order valence-corrected chi connectivity index (χ0v) is 8.67. The molecular weight excluding hydrogens is 206 g/mol. The van der Waals surface area contributed by atoms with Gasteiger partial charge in [0.2, 0.25) is 17.8 Å². The maximum atomic E-state index is 11.2. The molecule has 0 aromatic carbocycles. The van der Waals surface area contributed by atoms with Crippen molar-refractivity contribution in [2.75, 3.05) is 19.5 Å². The normalized spacial score (nSPS) is 18.9. The molecule has 78 valence electrons. The van der Waals surface area contributed by atoms with E-state index in [2.05, 4.69) is 10.3 Å². The van der Waals surface area contributed by atoms with E-state index in [-0.39, 0.29) is 18.4 Å². The van der Waals surface area contributed by atoms with Gasteiger partial charge in [-0.2, -0.15) is 4.99 Å². The summed E-state index contributed by atoms with van der Waals surface area (Å²) >= 11 is 5.43. The lowest BCUT2D eigenvalue weighted by atomic mass is 10.3. The van der Waals surface area contributed by atoms with Crippen LogP contribution >= 0.6 is 11.6 Å². The molecule has 14 heavy (non-hydrogen) atoms. The first kappa shape index (κ1) is 11.0. The Hall–Kier alpha value is -1.10. The molecular formula is C8H12ClN3O2. The Morgan fingerprint density at radius 3 is 2.93 bits per heavy atom. The molecule has 0 unspecified atom stereocenters. The number of amides is 2. The molecule has 0 aromatic heterocycles. The Morgan fingerprint density at radius 2 is 2.43 bits per heavy atom. The van der Waals surface area contributed by atoms with Crippen molar-refractivity contribution in [3.8, 4) is 0 Å². The van der Waals surface area contributed by atoms with Crippen molar-refractivity contribution < 1.29 is 9.59 Å². The monoisotopic (exact) mass is 217 g/mol. The van der Waals surface area contributed by atoms with Crippen molar-refractivity contribution in [1.29, 1.82) is 0 Å². The number of nitrogens with zero attached hydrogens (tertiary/aromatic N) is 2. The average molecular weight is 218 g/mol. The molecule has 6 heteroatoms. The number of guanidine groups is 1. The standard InChI is InChI=1S/C8H12ClN3O2/c1-12-5-7(14)11-8(12)10-6(13)3-2-4-9/h2-5H2,1H3,(H,10,11,13,14). The van der Waals surface area contributed by atoms with Gasteiger partial charge in [-0.3, -0.25) is 14.9 Å². The van der Waals surface area contributed by atoms with Crippen LogP contribution in [0.3, 0.4) is 0 Å². The van der Waals surface area contributed by atoms with Crippen LogP contribution in [-0.2, 0) is 9.59 Å². The van der Waals surface area contributed by atoms with Gasteiger partial charge in [-0.05, 0) is 6.42 Å². The van der Waals surface area contributed by atoms with Crippen molar-refractivity contribution in [2.45, 2.75) is 12.8 Å². The summed E-state index contributed by atoms with van der Waals surface area (Å²) in [7, 11) is 1.70. The van der Waals surface area contributed by atoms with E-state index in [1.165, 1.54) is 0 Å². The molecule has 1 fully saturated rings. The van der Waals surface area contributed by atoms with Crippen molar-refractivity contribution in [3.63, 3.8) is 0 Å². The van der Waals surface area contributed by atoms with Crippen LogP contribution in [0.5, 0.6) is 0 Å². The highest BCUT2D eigenvalue weighted by Crippen LogP contribution is 1.98. The topological polar surface area (TPSA) is 61.8 Å². The smallest absolute Gasteiger partial charge is 0.248 e. The minimum absolute atomic E-state index is 0.142. The van der Waals surface area contributed by atoms with Gasteiger partial charge in [0, 0.05) is 19.3 Å². The zero-order chi connectivity index (χ0) is 10.6. The van der Waals surface area contributed by atoms with Crippen molar-refractivity contribution in [2.24, 2.45) is 4.99 Å². The number of hydrogen-bond donors (Lipinski definition) is 1. The van der Waals surface area contributed by atoms with Crippen LogP contribution < -0.4 is 5.32 Å². The second-order valence-corrected chi connectivity index (χ2v) is 3.40. The Balaban J connectivity index is 2.51. The molecule has 0 bridgehead atoms. The van der Waals surface area contributed by atoms with Crippen molar-refractivity contribution in [3.05, 3.63) is 0 Å². The number of likely N-dealkylation sites (N-methyl/N-ethyl adjacent to an activating group) is 1. The molecule has 1 N–H and O–H groups in total. The lowest BCUT2D eigenvalue weighted by Crippen LogP contribution is -2.28. The molecule has 0 aliphatic carbocycles. The Bertz CT molecular complexity index is 278. The second-order valence-electron chi connectivity index (χ2n) is 3.03. The molecule has 1 saturated heterocycles. The molecule has 0 aromatic rings. The maximum absolute atomic E-state index is 11.2. The summed E-state index contributed by atoms with van der Waals surface area (Å²) in [6, 6.07) is 0. The number of halogens is 1. The fourth-order valence-electron chi connectivity index (χ4n) is 1.06. The summed E-state index contributed by atoms with van der Waals surface area (Å²) < 4.78 is 0. The number of carbonyl (C=O) groups is 2. The highest BCUT2D eigenvalue weighted by atomic mass is 35.5. The van der Waals surface area contributed by atoms with E-state index < -0.39 is 0 Å². The van der Waals surface area contributed by atoms with E-state index in [9.17, 15) is 9.59 Å². The summed E-state index contributed by atoms with van der Waals surface area (Å²) in [5.41, 5.74) is 0. The molecule has 0 saturated carbocycles. The Kier molecular flexibility index (Phi) is 3.88. The van der Waals surface area contributed by atoms with E-state index in [0.29, 0.717) is 24.7 Å². The van der Waals surface area contributed by atoms with Crippen LogP contribution in [0.4, 0.5) is 0 Å². The zero-order valence-electron chi connectivity index (χ0n) is 7.92. The molecule has 0 spiro atoms. The largest absolute Gasteiger partial charge is 0.336 e. The first-order valence-electron chi connectivity index (χ1n) is 4.32. The summed E-state index contributed by atoms with van der Waals surface area (Å²) in [6.07, 6.45) is 0.922. The van der Waals surface area contributed by atoms with Crippen LogP contribution in [0.2, 0.25) is 0 Å². The van der Waals surface area contributed by atoms with E-state index in [0.717, 1.165) is 0 Å². The summed E-state index contributed by atoms with van der Waals surface area (Å²) in [5.74, 6) is 0.374. The SMILES string of the molecule is CN1CC(=O)NC1=NC(=O)CCCCl. The first-order valence-corrected chi connectivity index (χ1v) is 4.85. The van der Waals surface area contributed by atoms with E-state index in [1.807, 2.05) is 0 Å². The fraction of sp³-hybridized carbons (Fsp3) is 0.625. The maximum Gasteiger partial charge on any atom is 0.248 e. The first-order chi connectivity index (χ1) is 6.63. The summed E-state index contributed by atoms with van der Waals surface area (Å²) in [5, 5.41) is 2.49. The number of nitrogens with one attached hydrogen (secondary N) is 1. The molecule has 5 nitrogen and oxygen atoms in total. The molecule has 1 aliphatic heterocycles. The lowest BCUT2D eigenvalue weighted by molar-refractivity contribution is -0.118. The van der Waals surface area contributed by atoms with E-state index >= 15 is 0 Å². The van der Waals surface area contributed by atoms with Gasteiger partial charge in [0.15, 0.2) is 0 Å². The average Bonchev–Trinajstić information content (AvgIpc) is 2.42. The van der Waals surface area contributed by atoms with Gasteiger partial charge in [0.05, 0.1) is 6.54 Å². The molecule has 0 radical (unpaired) electrons. The number of carbonyl (C=O) groups excluding carboxylic acids is 2. The van der Waals surface area contributed by atoms with Crippen LogP contribution in [0.1, 0.15) is 12.8 Å². The van der Waals surface area contributed by atoms with E-state index in [1.54, 1.807) is 11.9 Å². The number of rotatable bonds is 3. The van der Waals surface area contributed by atoms with Crippen LogP contribution in [-0.4, -0.2) is 42.1 Å². The Morgan fingerprint density at radius 1 is 1.71 bits per heavy atom. The number of aliphatic imine (C=N–C) groups is 1. The third kappa shape index (κ3) is 2.99. The van der Waals surface area contributed by atoms with Crippen molar-refractivity contribution >= 4 is 29.4 Å². The second kappa shape index (κ2) is 4.95. The summed E-state index contributed by atoms with van der Waals surface area (Å²) in [6.45, 7) is 0.252. The molecule has 1 rings (SSSR count). The van der Waals surface area contributed by atoms with Gasteiger partial charge in [0.25, 0.3) is 0 Å². The van der Waals surface area contributed by atoms with Gasteiger partial charge in [-0.1, -0.05) is 0 Å². The number of hydrogen-bond acceptors (Lipinski definition) is 2. The minimum Gasteiger partial charge on any atom is -0.336 e. The third-order valence-electron chi connectivity index (χ3n) is 1.75. The highest BCUT2D eigenvalue weighted by Gasteiger charge is 2.21.